The summed E-state index contributed by atoms with van der Waals surface area (Å²) in [6.45, 7) is 0.718. The molecule has 1 aromatic carbocycles. The van der Waals surface area contributed by atoms with E-state index in [1.54, 1.807) is 0 Å². The predicted octanol–water partition coefficient (Wildman–Crippen LogP) is 2.08. The Morgan fingerprint density at radius 3 is 2.56 bits per heavy atom. The van der Waals surface area contributed by atoms with Crippen LogP contribution in [-0.2, 0) is 14.8 Å². The largest absolute Gasteiger partial charge is 0.480 e. The van der Waals surface area contributed by atoms with Crippen molar-refractivity contribution in [3.05, 3.63) is 29.0 Å². The minimum Gasteiger partial charge on any atom is -0.480 e. The van der Waals surface area contributed by atoms with Gasteiger partial charge < -0.3 is 5.11 Å². The van der Waals surface area contributed by atoms with E-state index in [0.717, 1.165) is 31.5 Å². The molecule has 2 saturated carbocycles. The SMILES string of the molecule is O=C(O)CN(CC1CC1)C1CC(NS(=O)(=O)c2cc(F)cc(Cl)c2)C1. The molecule has 2 aliphatic rings. The molecule has 0 amide bonds. The number of rotatable bonds is 8. The summed E-state index contributed by atoms with van der Waals surface area (Å²) in [4.78, 5) is 12.7. The third-order valence-corrected chi connectivity index (χ3v) is 6.34. The van der Waals surface area contributed by atoms with Crippen LogP contribution in [0.4, 0.5) is 4.39 Å². The van der Waals surface area contributed by atoms with Crippen molar-refractivity contribution in [2.45, 2.75) is 42.7 Å². The smallest absolute Gasteiger partial charge is 0.317 e. The zero-order valence-corrected chi connectivity index (χ0v) is 15.1. The number of hydrogen-bond acceptors (Lipinski definition) is 4. The molecule has 3 rings (SSSR count). The van der Waals surface area contributed by atoms with Crippen molar-refractivity contribution in [3.63, 3.8) is 0 Å². The normalized spacial score (nSPS) is 23.5. The summed E-state index contributed by atoms with van der Waals surface area (Å²) < 4.78 is 40.6. The number of nitrogens with zero attached hydrogens (tertiary/aromatic N) is 1. The predicted molar refractivity (Wildman–Crippen MR) is 90.5 cm³/mol. The van der Waals surface area contributed by atoms with Gasteiger partial charge in [-0.15, -0.1) is 0 Å². The van der Waals surface area contributed by atoms with E-state index in [2.05, 4.69) is 4.72 Å². The van der Waals surface area contributed by atoms with E-state index in [9.17, 15) is 17.6 Å². The first-order valence-electron chi connectivity index (χ1n) is 8.17. The Bertz CT molecular complexity index is 743. The van der Waals surface area contributed by atoms with Gasteiger partial charge in [-0.2, -0.15) is 0 Å². The highest BCUT2D eigenvalue weighted by Gasteiger charge is 2.38. The quantitative estimate of drug-likeness (QED) is 0.709. The number of sulfonamides is 1. The zero-order chi connectivity index (χ0) is 18.2. The summed E-state index contributed by atoms with van der Waals surface area (Å²) in [5.74, 6) is -1.03. The van der Waals surface area contributed by atoms with Crippen LogP contribution in [0.2, 0.25) is 5.02 Å². The van der Waals surface area contributed by atoms with E-state index in [1.807, 2.05) is 4.90 Å². The molecule has 0 spiro atoms. The second-order valence-corrected chi connectivity index (χ2v) is 8.97. The van der Waals surface area contributed by atoms with Crippen LogP contribution in [0.15, 0.2) is 23.1 Å². The molecular formula is C16H20ClFN2O4S. The molecule has 2 aliphatic carbocycles. The maximum atomic E-state index is 13.4. The molecule has 0 aromatic heterocycles. The Labute approximate surface area is 151 Å². The molecule has 25 heavy (non-hydrogen) atoms. The van der Waals surface area contributed by atoms with Crippen LogP contribution in [0.3, 0.4) is 0 Å². The number of carbonyl (C=O) groups is 1. The lowest BCUT2D eigenvalue weighted by molar-refractivity contribution is -0.139. The molecular weight excluding hydrogens is 371 g/mol. The molecule has 0 atom stereocenters. The highest BCUT2D eigenvalue weighted by molar-refractivity contribution is 7.89. The van der Waals surface area contributed by atoms with Gasteiger partial charge in [0.15, 0.2) is 0 Å². The molecule has 0 saturated heterocycles. The number of carboxylic acid groups (broad SMARTS) is 1. The third-order valence-electron chi connectivity index (χ3n) is 4.63. The fourth-order valence-corrected chi connectivity index (χ4v) is 4.71. The van der Waals surface area contributed by atoms with Gasteiger partial charge in [0.1, 0.15) is 5.82 Å². The van der Waals surface area contributed by atoms with Gasteiger partial charge >= 0.3 is 5.97 Å². The van der Waals surface area contributed by atoms with Crippen LogP contribution in [0, 0.1) is 11.7 Å². The molecule has 0 radical (unpaired) electrons. The summed E-state index contributed by atoms with van der Waals surface area (Å²) in [6, 6.07) is 2.94. The molecule has 0 unspecified atom stereocenters. The Morgan fingerprint density at radius 1 is 1.32 bits per heavy atom. The van der Waals surface area contributed by atoms with Gasteiger partial charge in [-0.3, -0.25) is 9.69 Å². The average Bonchev–Trinajstić information content (AvgIpc) is 3.24. The molecule has 0 heterocycles. The second-order valence-electron chi connectivity index (χ2n) is 6.82. The zero-order valence-electron chi connectivity index (χ0n) is 13.5. The first kappa shape index (κ1) is 18.6. The third kappa shape index (κ3) is 4.91. The maximum Gasteiger partial charge on any atom is 0.317 e. The number of hydrogen-bond donors (Lipinski definition) is 2. The molecule has 9 heteroatoms. The van der Waals surface area contributed by atoms with Crippen molar-refractivity contribution in [1.82, 2.24) is 9.62 Å². The van der Waals surface area contributed by atoms with Crippen LogP contribution in [0.5, 0.6) is 0 Å². The standard InChI is InChI=1S/C16H20ClFN2O4S/c17-11-3-12(18)5-15(4-11)25(23,24)19-13-6-14(7-13)20(9-16(21)22)8-10-1-2-10/h3-5,10,13-14,19H,1-2,6-9H2,(H,21,22). The minimum atomic E-state index is -3.86. The van der Waals surface area contributed by atoms with Crippen LogP contribution >= 0.6 is 11.6 Å². The fraction of sp³-hybridized carbons (Fsp3) is 0.562. The summed E-state index contributed by atoms with van der Waals surface area (Å²) in [5, 5.41) is 9.06. The van der Waals surface area contributed by atoms with Crippen molar-refractivity contribution in [2.75, 3.05) is 13.1 Å². The lowest BCUT2D eigenvalue weighted by Crippen LogP contribution is -2.55. The van der Waals surface area contributed by atoms with Crippen LogP contribution in [-0.4, -0.2) is 49.6 Å². The Balaban J connectivity index is 1.58. The average molecular weight is 391 g/mol. The maximum absolute atomic E-state index is 13.4. The van der Waals surface area contributed by atoms with Gasteiger partial charge in [0.2, 0.25) is 10.0 Å². The molecule has 6 nitrogen and oxygen atoms in total. The van der Waals surface area contributed by atoms with Crippen molar-refractivity contribution >= 4 is 27.6 Å². The van der Waals surface area contributed by atoms with Crippen molar-refractivity contribution in [3.8, 4) is 0 Å². The van der Waals surface area contributed by atoms with Gasteiger partial charge in [0.05, 0.1) is 11.4 Å². The molecule has 0 bridgehead atoms. The molecule has 2 N–H and O–H groups in total. The van der Waals surface area contributed by atoms with Crippen molar-refractivity contribution in [1.29, 1.82) is 0 Å². The summed E-state index contributed by atoms with van der Waals surface area (Å²) in [5.41, 5.74) is 0. The van der Waals surface area contributed by atoms with E-state index in [-0.39, 0.29) is 28.5 Å². The van der Waals surface area contributed by atoms with E-state index in [4.69, 9.17) is 16.7 Å². The van der Waals surface area contributed by atoms with Crippen LogP contribution in [0.1, 0.15) is 25.7 Å². The Morgan fingerprint density at radius 2 is 2.00 bits per heavy atom. The number of halogens is 2. The van der Waals surface area contributed by atoms with E-state index < -0.39 is 21.8 Å². The summed E-state index contributed by atoms with van der Waals surface area (Å²) >= 11 is 5.71. The van der Waals surface area contributed by atoms with E-state index in [0.29, 0.717) is 18.8 Å². The molecule has 0 aliphatic heterocycles. The van der Waals surface area contributed by atoms with E-state index in [1.165, 1.54) is 6.07 Å². The number of carboxylic acids is 1. The van der Waals surface area contributed by atoms with Gasteiger partial charge in [-0.25, -0.2) is 17.5 Å². The van der Waals surface area contributed by atoms with Crippen molar-refractivity contribution in [2.24, 2.45) is 5.92 Å². The number of aliphatic carboxylic acids is 1. The van der Waals surface area contributed by atoms with Gasteiger partial charge in [0.25, 0.3) is 0 Å². The number of benzene rings is 1. The van der Waals surface area contributed by atoms with Crippen LogP contribution < -0.4 is 4.72 Å². The van der Waals surface area contributed by atoms with Gasteiger partial charge in [-0.05, 0) is 49.8 Å². The number of nitrogens with one attached hydrogen (secondary N) is 1. The summed E-state index contributed by atoms with van der Waals surface area (Å²) in [6.07, 6.45) is 3.34. The first-order valence-corrected chi connectivity index (χ1v) is 10.0. The topological polar surface area (TPSA) is 86.7 Å². The second kappa shape index (κ2) is 7.19. The van der Waals surface area contributed by atoms with Crippen molar-refractivity contribution < 1.29 is 22.7 Å². The highest BCUT2D eigenvalue weighted by Crippen LogP contribution is 2.34. The first-order chi connectivity index (χ1) is 11.7. The monoisotopic (exact) mass is 390 g/mol. The lowest BCUT2D eigenvalue weighted by Gasteiger charge is -2.42. The lowest BCUT2D eigenvalue weighted by atomic mass is 9.86. The fourth-order valence-electron chi connectivity index (χ4n) is 3.10. The minimum absolute atomic E-state index is 0.0175. The molecule has 2 fully saturated rings. The van der Waals surface area contributed by atoms with Gasteiger partial charge in [0, 0.05) is 23.7 Å². The van der Waals surface area contributed by atoms with Crippen LogP contribution in [0.25, 0.3) is 0 Å². The highest BCUT2D eigenvalue weighted by atomic mass is 35.5. The van der Waals surface area contributed by atoms with E-state index >= 15 is 0 Å². The Kier molecular flexibility index (Phi) is 5.34. The Hall–Kier alpha value is -1.22. The molecule has 138 valence electrons. The summed E-state index contributed by atoms with van der Waals surface area (Å²) in [7, 11) is -3.86. The molecule has 1 aromatic rings. The van der Waals surface area contributed by atoms with Gasteiger partial charge in [-0.1, -0.05) is 11.6 Å².